The number of amides is 1. The van der Waals surface area contributed by atoms with Gasteiger partial charge in [0.25, 0.3) is 0 Å². The fraction of sp³-hybridized carbons (Fsp3) is 0.375. The zero-order chi connectivity index (χ0) is 13.8. The van der Waals surface area contributed by atoms with Gasteiger partial charge in [-0.3, -0.25) is 4.79 Å². The van der Waals surface area contributed by atoms with Crippen LogP contribution in [0.5, 0.6) is 0 Å². The number of hydrogen-bond acceptors (Lipinski definition) is 3. The van der Waals surface area contributed by atoms with E-state index in [9.17, 15) is 4.79 Å². The molecule has 4 nitrogen and oxygen atoms in total. The van der Waals surface area contributed by atoms with Gasteiger partial charge in [-0.25, -0.2) is 0 Å². The van der Waals surface area contributed by atoms with Gasteiger partial charge in [-0.05, 0) is 12.8 Å². The lowest BCUT2D eigenvalue weighted by Gasteiger charge is -2.13. The van der Waals surface area contributed by atoms with Crippen molar-refractivity contribution in [2.45, 2.75) is 38.1 Å². The van der Waals surface area contributed by atoms with E-state index < -0.39 is 0 Å². The third-order valence-electron chi connectivity index (χ3n) is 3.65. The first kappa shape index (κ1) is 12.9. The molecular formula is C16H18N2O2. The molecule has 0 radical (unpaired) electrons. The molecule has 3 rings (SSSR count). The Morgan fingerprint density at radius 2 is 2.10 bits per heavy atom. The summed E-state index contributed by atoms with van der Waals surface area (Å²) in [5.41, 5.74) is 1.90. The average Bonchev–Trinajstić information content (AvgIpc) is 2.83. The van der Waals surface area contributed by atoms with Crippen LogP contribution < -0.4 is 5.32 Å². The maximum absolute atomic E-state index is 11.6. The predicted molar refractivity (Wildman–Crippen MR) is 76.0 cm³/mol. The molecule has 1 aliphatic rings. The van der Waals surface area contributed by atoms with Gasteiger partial charge in [0, 0.05) is 30.5 Å². The number of nitrogens with one attached hydrogen (secondary N) is 1. The molecule has 1 fully saturated rings. The number of nitrogens with zero attached hydrogens (tertiary/aromatic N) is 1. The zero-order valence-corrected chi connectivity index (χ0v) is 11.3. The van der Waals surface area contributed by atoms with E-state index in [-0.39, 0.29) is 11.9 Å². The van der Waals surface area contributed by atoms with E-state index in [0.717, 1.165) is 36.3 Å². The van der Waals surface area contributed by atoms with Gasteiger partial charge in [0.2, 0.25) is 5.91 Å². The predicted octanol–water partition coefficient (Wildman–Crippen LogP) is 2.94. The normalized spacial score (nSPS) is 19.4. The summed E-state index contributed by atoms with van der Waals surface area (Å²) < 4.78 is 5.40. The molecule has 2 aromatic rings. The highest BCUT2D eigenvalue weighted by atomic mass is 16.5. The van der Waals surface area contributed by atoms with Crippen LogP contribution in [0.4, 0.5) is 0 Å². The fourth-order valence-corrected chi connectivity index (χ4v) is 2.60. The molecule has 1 unspecified atom stereocenters. The van der Waals surface area contributed by atoms with Crippen LogP contribution in [0.1, 0.15) is 31.4 Å². The third kappa shape index (κ3) is 3.07. The van der Waals surface area contributed by atoms with Gasteiger partial charge < -0.3 is 9.84 Å². The Kier molecular flexibility index (Phi) is 3.81. The van der Waals surface area contributed by atoms with Crippen molar-refractivity contribution >= 4 is 5.91 Å². The van der Waals surface area contributed by atoms with E-state index in [4.69, 9.17) is 4.52 Å². The highest BCUT2D eigenvalue weighted by Gasteiger charge is 2.18. The first-order valence-electron chi connectivity index (χ1n) is 7.11. The number of carbonyl (C=O) groups excluding carboxylic acids is 1. The van der Waals surface area contributed by atoms with Crippen molar-refractivity contribution in [2.24, 2.45) is 0 Å². The number of carbonyl (C=O) groups is 1. The summed E-state index contributed by atoms with van der Waals surface area (Å²) in [5.74, 6) is 0.978. The van der Waals surface area contributed by atoms with Crippen LogP contribution in [0.15, 0.2) is 40.9 Å². The van der Waals surface area contributed by atoms with Gasteiger partial charge in [0.1, 0.15) is 11.5 Å². The topological polar surface area (TPSA) is 55.1 Å². The summed E-state index contributed by atoms with van der Waals surface area (Å²) in [7, 11) is 0. The van der Waals surface area contributed by atoms with Gasteiger partial charge >= 0.3 is 0 Å². The molecule has 0 spiro atoms. The molecule has 0 bridgehead atoms. The molecular weight excluding hydrogens is 252 g/mol. The van der Waals surface area contributed by atoms with Gasteiger partial charge in [-0.2, -0.15) is 0 Å². The Labute approximate surface area is 118 Å². The minimum atomic E-state index is 0.148. The molecule has 4 heteroatoms. The Balaban J connectivity index is 1.69. The molecule has 0 aliphatic carbocycles. The van der Waals surface area contributed by atoms with Crippen molar-refractivity contribution < 1.29 is 9.32 Å². The SMILES string of the molecule is O=C1CCCCC(Cc2cc(-c3ccccc3)no2)N1. The molecule has 1 saturated heterocycles. The summed E-state index contributed by atoms with van der Waals surface area (Å²) in [5, 5.41) is 7.16. The van der Waals surface area contributed by atoms with Crippen molar-refractivity contribution in [3.63, 3.8) is 0 Å². The van der Waals surface area contributed by atoms with Crippen molar-refractivity contribution in [1.82, 2.24) is 10.5 Å². The third-order valence-corrected chi connectivity index (χ3v) is 3.65. The van der Waals surface area contributed by atoms with Crippen molar-refractivity contribution in [3.8, 4) is 11.3 Å². The molecule has 1 N–H and O–H groups in total. The summed E-state index contributed by atoms with van der Waals surface area (Å²) >= 11 is 0. The highest BCUT2D eigenvalue weighted by Crippen LogP contribution is 2.20. The molecule has 1 aromatic carbocycles. The van der Waals surface area contributed by atoms with E-state index in [1.165, 1.54) is 0 Å². The molecule has 1 aliphatic heterocycles. The number of aromatic nitrogens is 1. The molecule has 1 aromatic heterocycles. The van der Waals surface area contributed by atoms with Crippen LogP contribution in [0, 0.1) is 0 Å². The molecule has 1 atom stereocenters. The smallest absolute Gasteiger partial charge is 0.220 e. The second-order valence-corrected chi connectivity index (χ2v) is 5.26. The molecule has 1 amide bonds. The molecule has 2 heterocycles. The summed E-state index contributed by atoms with van der Waals surface area (Å²) in [4.78, 5) is 11.6. The molecule has 104 valence electrons. The van der Waals surface area contributed by atoms with Crippen LogP contribution >= 0.6 is 0 Å². The van der Waals surface area contributed by atoms with Crippen molar-refractivity contribution in [3.05, 3.63) is 42.2 Å². The monoisotopic (exact) mass is 270 g/mol. The van der Waals surface area contributed by atoms with Crippen LogP contribution in [-0.2, 0) is 11.2 Å². The van der Waals surface area contributed by atoms with Gasteiger partial charge in [-0.1, -0.05) is 41.9 Å². The Hall–Kier alpha value is -2.10. The number of hydrogen-bond donors (Lipinski definition) is 1. The van der Waals surface area contributed by atoms with E-state index in [1.807, 2.05) is 36.4 Å². The lowest BCUT2D eigenvalue weighted by Crippen LogP contribution is -2.34. The lowest BCUT2D eigenvalue weighted by atomic mass is 10.1. The van der Waals surface area contributed by atoms with E-state index in [0.29, 0.717) is 12.8 Å². The summed E-state index contributed by atoms with van der Waals surface area (Å²) in [6.07, 6.45) is 4.43. The van der Waals surface area contributed by atoms with Gasteiger partial charge in [0.05, 0.1) is 0 Å². The van der Waals surface area contributed by atoms with Crippen LogP contribution in [0.2, 0.25) is 0 Å². The quantitative estimate of drug-likeness (QED) is 0.933. The van der Waals surface area contributed by atoms with Crippen molar-refractivity contribution in [1.29, 1.82) is 0 Å². The molecule has 0 saturated carbocycles. The average molecular weight is 270 g/mol. The highest BCUT2D eigenvalue weighted by molar-refractivity contribution is 5.76. The van der Waals surface area contributed by atoms with E-state index in [2.05, 4.69) is 10.5 Å². The molecule has 20 heavy (non-hydrogen) atoms. The van der Waals surface area contributed by atoms with Gasteiger partial charge in [-0.15, -0.1) is 0 Å². The number of rotatable bonds is 3. The second kappa shape index (κ2) is 5.90. The van der Waals surface area contributed by atoms with E-state index >= 15 is 0 Å². The largest absolute Gasteiger partial charge is 0.361 e. The minimum absolute atomic E-state index is 0.148. The minimum Gasteiger partial charge on any atom is -0.361 e. The van der Waals surface area contributed by atoms with Gasteiger partial charge in [0.15, 0.2) is 0 Å². The Morgan fingerprint density at radius 1 is 1.25 bits per heavy atom. The van der Waals surface area contributed by atoms with Crippen molar-refractivity contribution in [2.75, 3.05) is 0 Å². The lowest BCUT2D eigenvalue weighted by molar-refractivity contribution is -0.121. The Morgan fingerprint density at radius 3 is 2.95 bits per heavy atom. The fourth-order valence-electron chi connectivity index (χ4n) is 2.60. The number of benzene rings is 1. The van der Waals surface area contributed by atoms with E-state index in [1.54, 1.807) is 0 Å². The zero-order valence-electron chi connectivity index (χ0n) is 11.3. The van der Waals surface area contributed by atoms with Crippen LogP contribution in [0.3, 0.4) is 0 Å². The first-order chi connectivity index (χ1) is 9.81. The summed E-state index contributed by atoms with van der Waals surface area (Å²) in [6.45, 7) is 0. The van der Waals surface area contributed by atoms with Crippen LogP contribution in [-0.4, -0.2) is 17.1 Å². The maximum atomic E-state index is 11.6. The Bertz CT molecular complexity index is 577. The first-order valence-corrected chi connectivity index (χ1v) is 7.11. The van der Waals surface area contributed by atoms with Crippen LogP contribution in [0.25, 0.3) is 11.3 Å². The second-order valence-electron chi connectivity index (χ2n) is 5.26. The standard InChI is InChI=1S/C16H18N2O2/c19-16-9-5-4-8-13(17-16)10-14-11-15(18-20-14)12-6-2-1-3-7-12/h1-3,6-7,11,13H,4-5,8-10H2,(H,17,19). The summed E-state index contributed by atoms with van der Waals surface area (Å²) in [6, 6.07) is 12.1. The maximum Gasteiger partial charge on any atom is 0.220 e.